The van der Waals surface area contributed by atoms with Crippen molar-refractivity contribution in [2.75, 3.05) is 7.11 Å². The fourth-order valence-electron chi connectivity index (χ4n) is 1.64. The molecule has 0 spiro atoms. The Balaban J connectivity index is 3.05. The van der Waals surface area contributed by atoms with E-state index < -0.39 is 4.92 Å². The van der Waals surface area contributed by atoms with Crippen molar-refractivity contribution in [3.8, 4) is 11.8 Å². The van der Waals surface area contributed by atoms with Crippen LogP contribution in [0.4, 0.5) is 5.69 Å². The summed E-state index contributed by atoms with van der Waals surface area (Å²) in [4.78, 5) is 14.2. The van der Waals surface area contributed by atoms with Gasteiger partial charge in [0.05, 0.1) is 12.0 Å². The van der Waals surface area contributed by atoms with Crippen LogP contribution in [0.1, 0.15) is 33.1 Å². The van der Waals surface area contributed by atoms with E-state index in [0.29, 0.717) is 0 Å². The van der Waals surface area contributed by atoms with Gasteiger partial charge in [0.25, 0.3) is 5.88 Å². The second kappa shape index (κ2) is 7.13. The Labute approximate surface area is 116 Å². The van der Waals surface area contributed by atoms with Crippen molar-refractivity contribution >= 4 is 17.3 Å². The average molecular weight is 289 g/mol. The molecule has 0 saturated carbocycles. The molecule has 1 aromatic rings. The lowest BCUT2D eigenvalue weighted by atomic mass is 10.2. The quantitative estimate of drug-likeness (QED) is 0.566. The summed E-state index contributed by atoms with van der Waals surface area (Å²) in [5.41, 5.74) is -0.275. The molecule has 0 aliphatic rings. The lowest BCUT2D eigenvalue weighted by Gasteiger charge is -2.17. The Morgan fingerprint density at radius 3 is 2.63 bits per heavy atom. The fourth-order valence-corrected chi connectivity index (χ4v) is 1.83. The predicted molar refractivity (Wildman–Crippen MR) is 72.1 cm³/mol. The predicted octanol–water partition coefficient (Wildman–Crippen LogP) is 3.61. The molecule has 1 atom stereocenters. The second-order valence-corrected chi connectivity index (χ2v) is 4.40. The number of nitrogens with zero attached hydrogens (tertiary/aromatic N) is 2. The van der Waals surface area contributed by atoms with Gasteiger partial charge in [0.1, 0.15) is 11.1 Å². The highest BCUT2D eigenvalue weighted by atomic mass is 35.5. The normalized spacial score (nSPS) is 12.0. The van der Waals surface area contributed by atoms with Crippen LogP contribution in [0.25, 0.3) is 0 Å². The van der Waals surface area contributed by atoms with Crippen LogP contribution in [0.5, 0.6) is 11.8 Å². The Morgan fingerprint density at radius 1 is 1.47 bits per heavy atom. The minimum Gasteiger partial charge on any atom is -0.476 e. The highest BCUT2D eigenvalue weighted by Gasteiger charge is 2.22. The molecule has 0 aromatic carbocycles. The van der Waals surface area contributed by atoms with E-state index in [9.17, 15) is 10.1 Å². The molecule has 0 aliphatic heterocycles. The number of pyridine rings is 1. The van der Waals surface area contributed by atoms with Crippen LogP contribution < -0.4 is 9.47 Å². The third kappa shape index (κ3) is 3.96. The third-order valence-electron chi connectivity index (χ3n) is 2.62. The molecule has 1 rings (SSSR count). The maximum Gasteiger partial charge on any atom is 0.332 e. The fraction of sp³-hybridized carbons (Fsp3) is 0.583. The second-order valence-electron chi connectivity index (χ2n) is 4.00. The minimum atomic E-state index is -0.592. The van der Waals surface area contributed by atoms with E-state index in [2.05, 4.69) is 11.9 Å². The van der Waals surface area contributed by atoms with Crippen molar-refractivity contribution in [1.82, 2.24) is 4.98 Å². The van der Waals surface area contributed by atoms with Gasteiger partial charge in [-0.2, -0.15) is 4.98 Å². The monoisotopic (exact) mass is 288 g/mol. The van der Waals surface area contributed by atoms with Crippen molar-refractivity contribution < 1.29 is 14.4 Å². The maximum absolute atomic E-state index is 10.8. The summed E-state index contributed by atoms with van der Waals surface area (Å²) in [6.45, 7) is 4.05. The van der Waals surface area contributed by atoms with E-state index in [4.69, 9.17) is 21.1 Å². The van der Waals surface area contributed by atoms with E-state index in [-0.39, 0.29) is 28.6 Å². The molecule has 1 aromatic heterocycles. The van der Waals surface area contributed by atoms with Crippen molar-refractivity contribution in [3.63, 3.8) is 0 Å². The van der Waals surface area contributed by atoms with Crippen LogP contribution in [0.15, 0.2) is 6.07 Å². The Morgan fingerprint density at radius 2 is 2.16 bits per heavy atom. The number of nitro groups is 1. The highest BCUT2D eigenvalue weighted by molar-refractivity contribution is 6.32. The van der Waals surface area contributed by atoms with Gasteiger partial charge in [0.15, 0.2) is 0 Å². The number of hydrogen-bond donors (Lipinski definition) is 0. The number of hydrogen-bond acceptors (Lipinski definition) is 5. The zero-order valence-corrected chi connectivity index (χ0v) is 11.9. The van der Waals surface area contributed by atoms with Crippen molar-refractivity contribution in [2.45, 2.75) is 39.2 Å². The van der Waals surface area contributed by atoms with Crippen LogP contribution in [-0.2, 0) is 0 Å². The molecule has 0 radical (unpaired) electrons. The molecule has 0 saturated heterocycles. The molecule has 1 unspecified atom stereocenters. The molecule has 0 amide bonds. The Bertz CT molecular complexity index is 454. The van der Waals surface area contributed by atoms with E-state index in [0.717, 1.165) is 19.3 Å². The number of rotatable bonds is 7. The first-order chi connectivity index (χ1) is 9.03. The van der Waals surface area contributed by atoms with E-state index in [1.807, 2.05) is 6.92 Å². The van der Waals surface area contributed by atoms with Gasteiger partial charge in [-0.15, -0.1) is 0 Å². The summed E-state index contributed by atoms with van der Waals surface area (Å²) in [5, 5.41) is 10.9. The van der Waals surface area contributed by atoms with Crippen LogP contribution in [0, 0.1) is 10.1 Å². The molecule has 0 bridgehead atoms. The Hall–Kier alpha value is -1.56. The molecular weight excluding hydrogens is 272 g/mol. The third-order valence-corrected chi connectivity index (χ3v) is 2.90. The standard InChI is InChI=1S/C12H17ClN2O4/c1-4-6-8(5-2)19-11-9(13)7-10(15(16)17)12(14-11)18-3/h7-8H,4-6H2,1-3H3. The summed E-state index contributed by atoms with van der Waals surface area (Å²) in [6.07, 6.45) is 2.64. The van der Waals surface area contributed by atoms with Crippen molar-refractivity contribution in [2.24, 2.45) is 0 Å². The van der Waals surface area contributed by atoms with Gasteiger partial charge in [-0.1, -0.05) is 31.9 Å². The van der Waals surface area contributed by atoms with Gasteiger partial charge in [-0.25, -0.2) is 0 Å². The number of methoxy groups -OCH3 is 1. The Kier molecular flexibility index (Phi) is 5.82. The van der Waals surface area contributed by atoms with Gasteiger partial charge in [-0.05, 0) is 12.8 Å². The number of ether oxygens (including phenoxy) is 2. The van der Waals surface area contributed by atoms with E-state index in [1.54, 1.807) is 0 Å². The number of aromatic nitrogens is 1. The van der Waals surface area contributed by atoms with Crippen LogP contribution >= 0.6 is 11.6 Å². The molecular formula is C12H17ClN2O4. The maximum atomic E-state index is 10.8. The van der Waals surface area contributed by atoms with Crippen LogP contribution in [0.3, 0.4) is 0 Å². The molecule has 106 valence electrons. The van der Waals surface area contributed by atoms with Gasteiger partial charge in [0.2, 0.25) is 5.88 Å². The molecule has 0 aliphatic carbocycles. The first-order valence-electron chi connectivity index (χ1n) is 6.09. The first kappa shape index (κ1) is 15.5. The number of halogens is 1. The smallest absolute Gasteiger partial charge is 0.332 e. The van der Waals surface area contributed by atoms with Crippen LogP contribution in [-0.4, -0.2) is 23.1 Å². The molecule has 7 heteroatoms. The van der Waals surface area contributed by atoms with E-state index >= 15 is 0 Å². The zero-order chi connectivity index (χ0) is 14.4. The topological polar surface area (TPSA) is 74.5 Å². The summed E-state index contributed by atoms with van der Waals surface area (Å²) < 4.78 is 10.6. The summed E-state index contributed by atoms with van der Waals surface area (Å²) in [6, 6.07) is 1.20. The lowest BCUT2D eigenvalue weighted by Crippen LogP contribution is -2.16. The van der Waals surface area contributed by atoms with E-state index in [1.165, 1.54) is 13.2 Å². The summed E-state index contributed by atoms with van der Waals surface area (Å²) in [7, 11) is 1.32. The highest BCUT2D eigenvalue weighted by Crippen LogP contribution is 2.34. The van der Waals surface area contributed by atoms with Gasteiger partial charge in [-0.3, -0.25) is 10.1 Å². The zero-order valence-electron chi connectivity index (χ0n) is 11.2. The van der Waals surface area contributed by atoms with Crippen molar-refractivity contribution in [1.29, 1.82) is 0 Å². The summed E-state index contributed by atoms with van der Waals surface area (Å²) in [5.74, 6) is 0.0696. The SMILES string of the molecule is CCCC(CC)Oc1nc(OC)c([N+](=O)[O-])cc1Cl. The van der Waals surface area contributed by atoms with Crippen molar-refractivity contribution in [3.05, 3.63) is 21.2 Å². The molecule has 1 heterocycles. The molecule has 19 heavy (non-hydrogen) atoms. The largest absolute Gasteiger partial charge is 0.476 e. The van der Waals surface area contributed by atoms with Gasteiger partial charge in [0, 0.05) is 6.07 Å². The van der Waals surface area contributed by atoms with Gasteiger partial charge < -0.3 is 9.47 Å². The minimum absolute atomic E-state index is 0.0128. The average Bonchev–Trinajstić information content (AvgIpc) is 2.39. The lowest BCUT2D eigenvalue weighted by molar-refractivity contribution is -0.386. The molecule has 0 fully saturated rings. The summed E-state index contributed by atoms with van der Waals surface area (Å²) >= 11 is 5.96. The van der Waals surface area contributed by atoms with Crippen LogP contribution in [0.2, 0.25) is 5.02 Å². The molecule has 6 nitrogen and oxygen atoms in total. The molecule has 0 N–H and O–H groups in total. The van der Waals surface area contributed by atoms with Gasteiger partial charge >= 0.3 is 5.69 Å². The first-order valence-corrected chi connectivity index (χ1v) is 6.46.